The fourth-order valence-corrected chi connectivity index (χ4v) is 2.94. The molecule has 1 N–H and O–H groups in total. The average molecular weight is 225 g/mol. The lowest BCUT2D eigenvalue weighted by atomic mass is 10.1. The van der Waals surface area contributed by atoms with E-state index < -0.39 is 11.4 Å². The number of thiazole rings is 1. The molecule has 1 aromatic heterocycles. The Hall–Kier alpha value is -0.900. The van der Waals surface area contributed by atoms with Crippen LogP contribution in [0.2, 0.25) is 0 Å². The SMILES string of the molecule is CCCc1nc(C2(C(=O)O)CC2)sc1C. The van der Waals surface area contributed by atoms with E-state index in [1.165, 1.54) is 4.88 Å². The predicted octanol–water partition coefficient (Wildman–Crippen LogP) is 2.52. The Kier molecular flexibility index (Phi) is 2.54. The average Bonchev–Trinajstić information content (AvgIpc) is 2.90. The maximum Gasteiger partial charge on any atom is 0.316 e. The number of hydrogen-bond acceptors (Lipinski definition) is 3. The molecule has 0 aliphatic heterocycles. The van der Waals surface area contributed by atoms with Gasteiger partial charge in [-0.15, -0.1) is 11.3 Å². The molecule has 1 aliphatic rings. The third-order valence-corrected chi connectivity index (χ3v) is 4.17. The van der Waals surface area contributed by atoms with Crippen LogP contribution in [0.15, 0.2) is 0 Å². The first-order valence-electron chi connectivity index (χ1n) is 5.30. The van der Waals surface area contributed by atoms with Gasteiger partial charge in [0.25, 0.3) is 0 Å². The summed E-state index contributed by atoms with van der Waals surface area (Å²) in [4.78, 5) is 16.8. The lowest BCUT2D eigenvalue weighted by Crippen LogP contribution is -2.19. The second-order valence-electron chi connectivity index (χ2n) is 4.16. The molecule has 1 aromatic rings. The predicted molar refractivity (Wildman–Crippen MR) is 59.4 cm³/mol. The molecule has 1 heterocycles. The molecule has 2 rings (SSSR count). The van der Waals surface area contributed by atoms with Gasteiger partial charge >= 0.3 is 5.97 Å². The number of rotatable bonds is 4. The highest BCUT2D eigenvalue weighted by atomic mass is 32.1. The fraction of sp³-hybridized carbons (Fsp3) is 0.636. The minimum atomic E-state index is -0.709. The summed E-state index contributed by atoms with van der Waals surface area (Å²) in [6.45, 7) is 4.15. The summed E-state index contributed by atoms with van der Waals surface area (Å²) in [6.07, 6.45) is 3.52. The van der Waals surface area contributed by atoms with Crippen LogP contribution in [-0.4, -0.2) is 16.1 Å². The van der Waals surface area contributed by atoms with Crippen LogP contribution in [0.25, 0.3) is 0 Å². The molecule has 0 bridgehead atoms. The second kappa shape index (κ2) is 3.59. The zero-order valence-corrected chi connectivity index (χ0v) is 9.86. The van der Waals surface area contributed by atoms with Crippen LogP contribution in [0.3, 0.4) is 0 Å². The number of hydrogen-bond donors (Lipinski definition) is 1. The van der Waals surface area contributed by atoms with Crippen molar-refractivity contribution in [1.82, 2.24) is 4.98 Å². The van der Waals surface area contributed by atoms with Crippen molar-refractivity contribution in [1.29, 1.82) is 0 Å². The summed E-state index contributed by atoms with van der Waals surface area (Å²) < 4.78 is 0. The normalized spacial score (nSPS) is 17.7. The van der Waals surface area contributed by atoms with E-state index in [2.05, 4.69) is 11.9 Å². The zero-order chi connectivity index (χ0) is 11.1. The Bertz CT molecular complexity index is 393. The molecule has 0 atom stereocenters. The first-order chi connectivity index (χ1) is 7.10. The van der Waals surface area contributed by atoms with E-state index in [1.54, 1.807) is 11.3 Å². The van der Waals surface area contributed by atoms with Crippen molar-refractivity contribution in [3.05, 3.63) is 15.6 Å². The summed E-state index contributed by atoms with van der Waals surface area (Å²) in [6, 6.07) is 0. The highest BCUT2D eigenvalue weighted by molar-refractivity contribution is 7.12. The standard InChI is InChI=1S/C11H15NO2S/c1-3-4-8-7(2)15-9(12-8)11(5-6-11)10(13)14/h3-6H2,1-2H3,(H,13,14). The van der Waals surface area contributed by atoms with Gasteiger partial charge in [0, 0.05) is 4.88 Å². The Morgan fingerprint density at radius 3 is 2.73 bits per heavy atom. The van der Waals surface area contributed by atoms with Crippen LogP contribution >= 0.6 is 11.3 Å². The second-order valence-corrected chi connectivity index (χ2v) is 5.36. The Labute approximate surface area is 93.2 Å². The van der Waals surface area contributed by atoms with Crippen molar-refractivity contribution in [2.75, 3.05) is 0 Å². The lowest BCUT2D eigenvalue weighted by molar-refractivity contribution is -0.140. The molecule has 1 saturated carbocycles. The van der Waals surface area contributed by atoms with Gasteiger partial charge in [-0.3, -0.25) is 4.79 Å². The summed E-state index contributed by atoms with van der Waals surface area (Å²) in [7, 11) is 0. The molecule has 4 heteroatoms. The maximum atomic E-state index is 11.1. The van der Waals surface area contributed by atoms with Gasteiger partial charge in [0.05, 0.1) is 5.69 Å². The van der Waals surface area contributed by atoms with Gasteiger partial charge in [-0.1, -0.05) is 13.3 Å². The number of nitrogens with zero attached hydrogens (tertiary/aromatic N) is 1. The molecular weight excluding hydrogens is 210 g/mol. The van der Waals surface area contributed by atoms with Gasteiger partial charge in [0.2, 0.25) is 0 Å². The summed E-state index contributed by atoms with van der Waals surface area (Å²) in [5.74, 6) is -0.709. The van der Waals surface area contributed by atoms with Crippen molar-refractivity contribution in [2.45, 2.75) is 44.9 Å². The van der Waals surface area contributed by atoms with E-state index in [4.69, 9.17) is 5.11 Å². The van der Waals surface area contributed by atoms with E-state index in [0.29, 0.717) is 0 Å². The number of carboxylic acid groups (broad SMARTS) is 1. The van der Waals surface area contributed by atoms with Crippen LogP contribution in [0.1, 0.15) is 41.8 Å². The summed E-state index contributed by atoms with van der Waals surface area (Å²) >= 11 is 1.56. The highest BCUT2D eigenvalue weighted by Crippen LogP contribution is 2.50. The van der Waals surface area contributed by atoms with Crippen molar-refractivity contribution < 1.29 is 9.90 Å². The Balaban J connectivity index is 2.30. The summed E-state index contributed by atoms with van der Waals surface area (Å²) in [5.41, 5.74) is 0.464. The zero-order valence-electron chi connectivity index (χ0n) is 9.04. The van der Waals surface area contributed by atoms with Crippen molar-refractivity contribution in [2.24, 2.45) is 0 Å². The Morgan fingerprint density at radius 2 is 2.27 bits per heavy atom. The van der Waals surface area contributed by atoms with Crippen LogP contribution in [0, 0.1) is 6.92 Å². The molecule has 3 nitrogen and oxygen atoms in total. The van der Waals surface area contributed by atoms with E-state index in [9.17, 15) is 4.79 Å². The van der Waals surface area contributed by atoms with Crippen molar-refractivity contribution in [3.63, 3.8) is 0 Å². The number of aryl methyl sites for hydroxylation is 2. The molecule has 0 aromatic carbocycles. The van der Waals surface area contributed by atoms with Crippen molar-refractivity contribution >= 4 is 17.3 Å². The molecule has 0 radical (unpaired) electrons. The molecule has 15 heavy (non-hydrogen) atoms. The third kappa shape index (κ3) is 1.67. The molecule has 82 valence electrons. The number of carbonyl (C=O) groups is 1. The Morgan fingerprint density at radius 1 is 1.60 bits per heavy atom. The minimum absolute atomic E-state index is 0.624. The van der Waals surface area contributed by atoms with Gasteiger partial charge in [-0.25, -0.2) is 4.98 Å². The molecule has 1 aliphatic carbocycles. The number of aromatic nitrogens is 1. The lowest BCUT2D eigenvalue weighted by Gasteiger charge is -2.03. The first-order valence-corrected chi connectivity index (χ1v) is 6.12. The molecule has 0 unspecified atom stereocenters. The first kappa shape index (κ1) is 10.6. The van der Waals surface area contributed by atoms with Crippen LogP contribution < -0.4 is 0 Å². The molecule has 0 spiro atoms. The number of aliphatic carboxylic acids is 1. The monoisotopic (exact) mass is 225 g/mol. The smallest absolute Gasteiger partial charge is 0.316 e. The largest absolute Gasteiger partial charge is 0.481 e. The van der Waals surface area contributed by atoms with Gasteiger partial charge in [0.15, 0.2) is 0 Å². The van der Waals surface area contributed by atoms with Gasteiger partial charge in [-0.05, 0) is 26.2 Å². The number of carboxylic acids is 1. The van der Waals surface area contributed by atoms with E-state index in [1.807, 2.05) is 6.92 Å². The van der Waals surface area contributed by atoms with Crippen LogP contribution in [-0.2, 0) is 16.6 Å². The molecular formula is C11H15NO2S. The molecule has 0 amide bonds. The third-order valence-electron chi connectivity index (χ3n) is 2.95. The van der Waals surface area contributed by atoms with Gasteiger partial charge in [0.1, 0.15) is 10.4 Å². The van der Waals surface area contributed by atoms with E-state index >= 15 is 0 Å². The van der Waals surface area contributed by atoms with Crippen LogP contribution in [0.4, 0.5) is 0 Å². The quantitative estimate of drug-likeness (QED) is 0.856. The fourth-order valence-electron chi connectivity index (χ4n) is 1.75. The van der Waals surface area contributed by atoms with Gasteiger partial charge in [-0.2, -0.15) is 0 Å². The van der Waals surface area contributed by atoms with Crippen molar-refractivity contribution in [3.8, 4) is 0 Å². The summed E-state index contributed by atoms with van der Waals surface area (Å²) in [5, 5.41) is 9.97. The highest BCUT2D eigenvalue weighted by Gasteiger charge is 2.54. The van der Waals surface area contributed by atoms with E-state index in [0.717, 1.165) is 36.4 Å². The van der Waals surface area contributed by atoms with Crippen LogP contribution in [0.5, 0.6) is 0 Å². The topological polar surface area (TPSA) is 50.2 Å². The van der Waals surface area contributed by atoms with Gasteiger partial charge < -0.3 is 5.11 Å². The molecule has 1 fully saturated rings. The minimum Gasteiger partial charge on any atom is -0.481 e. The maximum absolute atomic E-state index is 11.1. The van der Waals surface area contributed by atoms with E-state index in [-0.39, 0.29) is 0 Å². The molecule has 0 saturated heterocycles.